The van der Waals surface area contributed by atoms with Crippen molar-refractivity contribution in [3.05, 3.63) is 48.0 Å². The van der Waals surface area contributed by atoms with E-state index in [4.69, 9.17) is 5.11 Å². The first-order chi connectivity index (χ1) is 10.1. The number of carbonyl (C=O) groups excluding carboxylic acids is 2. The van der Waals surface area contributed by atoms with Crippen LogP contribution in [0.3, 0.4) is 0 Å². The summed E-state index contributed by atoms with van der Waals surface area (Å²) in [5.41, 5.74) is 0.562. The fourth-order valence-corrected chi connectivity index (χ4v) is 1.67. The molecule has 21 heavy (non-hydrogen) atoms. The number of aliphatic carboxylic acids is 1. The molecule has 0 aliphatic heterocycles. The number of aromatic amines is 2. The number of nitrogens with one attached hydrogen (secondary N) is 4. The van der Waals surface area contributed by atoms with E-state index in [0.29, 0.717) is 5.69 Å². The monoisotopic (exact) mass is 290 g/mol. The van der Waals surface area contributed by atoms with Crippen LogP contribution in [0.1, 0.15) is 21.0 Å². The zero-order valence-corrected chi connectivity index (χ0v) is 10.9. The zero-order chi connectivity index (χ0) is 15.2. The minimum atomic E-state index is -1.23. The Labute approximate surface area is 119 Å². The van der Waals surface area contributed by atoms with E-state index < -0.39 is 23.8 Å². The minimum absolute atomic E-state index is 0.223. The quantitative estimate of drug-likeness (QED) is 0.511. The predicted molar refractivity (Wildman–Crippen MR) is 72.8 cm³/mol. The van der Waals surface area contributed by atoms with Crippen molar-refractivity contribution in [3.8, 4) is 0 Å². The fourth-order valence-electron chi connectivity index (χ4n) is 1.67. The largest absolute Gasteiger partial charge is 0.480 e. The normalized spacial score (nSPS) is 11.6. The molecule has 2 amide bonds. The summed E-state index contributed by atoms with van der Waals surface area (Å²) in [6.45, 7) is -0.223. The number of carboxylic acid groups (broad SMARTS) is 1. The maximum atomic E-state index is 11.8. The average molecular weight is 290 g/mol. The molecule has 8 nitrogen and oxygen atoms in total. The molecule has 0 saturated heterocycles. The summed E-state index contributed by atoms with van der Waals surface area (Å²) in [6, 6.07) is 5.13. The molecule has 0 aromatic carbocycles. The van der Waals surface area contributed by atoms with Crippen LogP contribution < -0.4 is 10.6 Å². The van der Waals surface area contributed by atoms with Crippen LogP contribution in [0.4, 0.5) is 0 Å². The Morgan fingerprint density at radius 3 is 2.10 bits per heavy atom. The van der Waals surface area contributed by atoms with E-state index in [-0.39, 0.29) is 12.2 Å². The number of aromatic nitrogens is 2. The third kappa shape index (κ3) is 3.72. The summed E-state index contributed by atoms with van der Waals surface area (Å²) in [5, 5.41) is 13.8. The van der Waals surface area contributed by atoms with E-state index in [1.807, 2.05) is 0 Å². The molecule has 8 heteroatoms. The molecule has 1 atom stereocenters. The van der Waals surface area contributed by atoms with Crippen molar-refractivity contribution in [2.45, 2.75) is 6.04 Å². The first-order valence-corrected chi connectivity index (χ1v) is 6.16. The van der Waals surface area contributed by atoms with E-state index in [2.05, 4.69) is 20.6 Å². The van der Waals surface area contributed by atoms with E-state index in [1.165, 1.54) is 6.07 Å². The van der Waals surface area contributed by atoms with Crippen LogP contribution in [0.25, 0.3) is 0 Å². The van der Waals surface area contributed by atoms with Gasteiger partial charge in [0.1, 0.15) is 17.4 Å². The molecule has 2 aromatic rings. The summed E-state index contributed by atoms with van der Waals surface area (Å²) in [5.74, 6) is -2.23. The zero-order valence-electron chi connectivity index (χ0n) is 10.9. The number of rotatable bonds is 6. The lowest BCUT2D eigenvalue weighted by Gasteiger charge is -2.14. The van der Waals surface area contributed by atoms with Gasteiger partial charge in [0.05, 0.1) is 0 Å². The van der Waals surface area contributed by atoms with Gasteiger partial charge in [0.15, 0.2) is 0 Å². The van der Waals surface area contributed by atoms with E-state index in [1.54, 1.807) is 30.6 Å². The molecule has 0 aliphatic rings. The van der Waals surface area contributed by atoms with Crippen LogP contribution in [0.15, 0.2) is 36.7 Å². The second-order valence-corrected chi connectivity index (χ2v) is 4.24. The van der Waals surface area contributed by atoms with Gasteiger partial charge in [-0.05, 0) is 24.3 Å². The van der Waals surface area contributed by atoms with Crippen LogP contribution in [0.2, 0.25) is 0 Å². The van der Waals surface area contributed by atoms with Crippen LogP contribution in [0.5, 0.6) is 0 Å². The van der Waals surface area contributed by atoms with Crippen LogP contribution in [-0.2, 0) is 4.79 Å². The van der Waals surface area contributed by atoms with Crippen LogP contribution in [-0.4, -0.2) is 45.4 Å². The molecule has 0 spiro atoms. The molecule has 110 valence electrons. The number of carbonyl (C=O) groups is 3. The molecule has 1 unspecified atom stereocenters. The van der Waals surface area contributed by atoms with Gasteiger partial charge in [0, 0.05) is 18.9 Å². The number of H-pyrrole nitrogens is 2. The SMILES string of the molecule is O=C(NCC(NC(=O)c1ccc[nH]1)C(=O)O)c1ccc[nH]1. The molecular formula is C13H14N4O4. The van der Waals surface area contributed by atoms with Gasteiger partial charge in [-0.2, -0.15) is 0 Å². The number of hydrogen-bond acceptors (Lipinski definition) is 3. The van der Waals surface area contributed by atoms with Crippen molar-refractivity contribution in [3.63, 3.8) is 0 Å². The lowest BCUT2D eigenvalue weighted by atomic mass is 10.2. The maximum absolute atomic E-state index is 11.8. The van der Waals surface area contributed by atoms with Crippen molar-refractivity contribution in [1.82, 2.24) is 20.6 Å². The molecule has 0 aliphatic carbocycles. The van der Waals surface area contributed by atoms with Crippen molar-refractivity contribution >= 4 is 17.8 Å². The van der Waals surface area contributed by atoms with Gasteiger partial charge in [-0.15, -0.1) is 0 Å². The third-order valence-electron chi connectivity index (χ3n) is 2.76. The van der Waals surface area contributed by atoms with E-state index in [0.717, 1.165) is 0 Å². The molecule has 0 bridgehead atoms. The van der Waals surface area contributed by atoms with Gasteiger partial charge in [-0.3, -0.25) is 9.59 Å². The highest BCUT2D eigenvalue weighted by Crippen LogP contribution is 1.97. The summed E-state index contributed by atoms with van der Waals surface area (Å²) >= 11 is 0. The molecule has 0 saturated carbocycles. The second kappa shape index (κ2) is 6.42. The lowest BCUT2D eigenvalue weighted by Crippen LogP contribution is -2.48. The number of carboxylic acids is 1. The molecule has 0 fully saturated rings. The molecule has 5 N–H and O–H groups in total. The van der Waals surface area contributed by atoms with E-state index >= 15 is 0 Å². The molecular weight excluding hydrogens is 276 g/mol. The number of hydrogen-bond donors (Lipinski definition) is 5. The highest BCUT2D eigenvalue weighted by molar-refractivity contribution is 5.96. The second-order valence-electron chi connectivity index (χ2n) is 4.24. The van der Waals surface area contributed by atoms with Gasteiger partial charge >= 0.3 is 5.97 Å². The third-order valence-corrected chi connectivity index (χ3v) is 2.76. The summed E-state index contributed by atoms with van der Waals surface area (Å²) in [7, 11) is 0. The Kier molecular flexibility index (Phi) is 4.39. The lowest BCUT2D eigenvalue weighted by molar-refractivity contribution is -0.139. The summed E-state index contributed by atoms with van der Waals surface area (Å²) in [4.78, 5) is 40.0. The molecule has 2 heterocycles. The Hall–Kier alpha value is -3.03. The van der Waals surface area contributed by atoms with Crippen molar-refractivity contribution in [2.75, 3.05) is 6.54 Å². The summed E-state index contributed by atoms with van der Waals surface area (Å²) < 4.78 is 0. The maximum Gasteiger partial charge on any atom is 0.328 e. The summed E-state index contributed by atoms with van der Waals surface area (Å²) in [6.07, 6.45) is 3.13. The van der Waals surface area contributed by atoms with Crippen molar-refractivity contribution < 1.29 is 19.5 Å². The molecule has 0 radical (unpaired) electrons. The Morgan fingerprint density at radius 2 is 1.62 bits per heavy atom. The van der Waals surface area contributed by atoms with Gasteiger partial charge < -0.3 is 25.7 Å². The first-order valence-electron chi connectivity index (χ1n) is 6.16. The van der Waals surface area contributed by atoms with Crippen molar-refractivity contribution in [2.24, 2.45) is 0 Å². The van der Waals surface area contributed by atoms with E-state index in [9.17, 15) is 14.4 Å². The van der Waals surface area contributed by atoms with Crippen LogP contribution in [0, 0.1) is 0 Å². The van der Waals surface area contributed by atoms with Gasteiger partial charge in [0.2, 0.25) is 0 Å². The highest BCUT2D eigenvalue weighted by atomic mass is 16.4. The van der Waals surface area contributed by atoms with Crippen LogP contribution >= 0.6 is 0 Å². The van der Waals surface area contributed by atoms with Gasteiger partial charge in [-0.25, -0.2) is 4.79 Å². The smallest absolute Gasteiger partial charge is 0.328 e. The predicted octanol–water partition coefficient (Wildman–Crippen LogP) is -0.0442. The highest BCUT2D eigenvalue weighted by Gasteiger charge is 2.22. The first kappa shape index (κ1) is 14.4. The fraction of sp³-hybridized carbons (Fsp3) is 0.154. The van der Waals surface area contributed by atoms with Gasteiger partial charge in [0.25, 0.3) is 11.8 Å². The molecule has 2 aromatic heterocycles. The standard InChI is InChI=1S/C13H14N4O4/c18-11(8-3-1-5-14-8)16-7-10(13(20)21)17-12(19)9-4-2-6-15-9/h1-6,10,14-15H,7H2,(H,16,18)(H,17,19)(H,20,21). The Bertz CT molecular complexity index is 619. The topological polar surface area (TPSA) is 127 Å². The molecule has 2 rings (SSSR count). The Balaban J connectivity index is 1.92. The van der Waals surface area contributed by atoms with Crippen molar-refractivity contribution in [1.29, 1.82) is 0 Å². The minimum Gasteiger partial charge on any atom is -0.480 e. The number of amides is 2. The van der Waals surface area contributed by atoms with Gasteiger partial charge in [-0.1, -0.05) is 0 Å². The average Bonchev–Trinajstić information content (AvgIpc) is 3.14. The Morgan fingerprint density at radius 1 is 1.05 bits per heavy atom.